The SMILES string of the molecule is C[C@H]1CN=C(NCc2ccc3ccccc3c2)N1C. The van der Waals surface area contributed by atoms with Gasteiger partial charge in [-0.2, -0.15) is 0 Å². The van der Waals surface area contributed by atoms with Crippen molar-refractivity contribution in [1.82, 2.24) is 10.2 Å². The minimum absolute atomic E-state index is 0.499. The van der Waals surface area contributed by atoms with Crippen LogP contribution in [0.15, 0.2) is 47.5 Å². The van der Waals surface area contributed by atoms with E-state index >= 15 is 0 Å². The molecule has 0 fully saturated rings. The van der Waals surface area contributed by atoms with Crippen LogP contribution in [0.4, 0.5) is 0 Å². The van der Waals surface area contributed by atoms with E-state index in [1.165, 1.54) is 16.3 Å². The molecule has 19 heavy (non-hydrogen) atoms. The van der Waals surface area contributed by atoms with Crippen LogP contribution < -0.4 is 5.32 Å². The van der Waals surface area contributed by atoms with Gasteiger partial charge in [0.1, 0.15) is 0 Å². The molecule has 0 spiro atoms. The van der Waals surface area contributed by atoms with Gasteiger partial charge >= 0.3 is 0 Å². The lowest BCUT2D eigenvalue weighted by molar-refractivity contribution is 0.420. The van der Waals surface area contributed by atoms with E-state index in [2.05, 4.69) is 71.6 Å². The lowest BCUT2D eigenvalue weighted by atomic mass is 10.1. The second-order valence-electron chi connectivity index (χ2n) is 5.16. The van der Waals surface area contributed by atoms with E-state index in [9.17, 15) is 0 Å². The van der Waals surface area contributed by atoms with E-state index in [0.717, 1.165) is 19.0 Å². The van der Waals surface area contributed by atoms with E-state index in [4.69, 9.17) is 0 Å². The first kappa shape index (κ1) is 12.0. The van der Waals surface area contributed by atoms with Crippen molar-refractivity contribution in [3.8, 4) is 0 Å². The van der Waals surface area contributed by atoms with Gasteiger partial charge in [0.15, 0.2) is 5.96 Å². The van der Waals surface area contributed by atoms with Crippen molar-refractivity contribution in [2.24, 2.45) is 4.99 Å². The molecule has 3 heteroatoms. The Kier molecular flexibility index (Phi) is 3.11. The fourth-order valence-electron chi connectivity index (χ4n) is 2.37. The van der Waals surface area contributed by atoms with Crippen LogP contribution in [0, 0.1) is 0 Å². The fraction of sp³-hybridized carbons (Fsp3) is 0.312. The summed E-state index contributed by atoms with van der Waals surface area (Å²) >= 11 is 0. The highest BCUT2D eigenvalue weighted by Crippen LogP contribution is 2.15. The Morgan fingerprint density at radius 3 is 2.74 bits per heavy atom. The summed E-state index contributed by atoms with van der Waals surface area (Å²) in [5.74, 6) is 1.00. The van der Waals surface area contributed by atoms with Gasteiger partial charge in [-0.25, -0.2) is 0 Å². The molecule has 1 heterocycles. The Morgan fingerprint density at radius 2 is 2.00 bits per heavy atom. The predicted molar refractivity (Wildman–Crippen MR) is 80.3 cm³/mol. The number of benzene rings is 2. The lowest BCUT2D eigenvalue weighted by Gasteiger charge is -2.20. The normalized spacial score (nSPS) is 18.7. The van der Waals surface area contributed by atoms with Crippen LogP contribution in [-0.4, -0.2) is 30.5 Å². The van der Waals surface area contributed by atoms with Gasteiger partial charge in [-0.1, -0.05) is 36.4 Å². The zero-order valence-electron chi connectivity index (χ0n) is 11.4. The number of nitrogens with one attached hydrogen (secondary N) is 1. The van der Waals surface area contributed by atoms with Crippen LogP contribution in [0.2, 0.25) is 0 Å². The van der Waals surface area contributed by atoms with Crippen LogP contribution in [0.25, 0.3) is 10.8 Å². The van der Waals surface area contributed by atoms with Crippen molar-refractivity contribution in [3.05, 3.63) is 48.0 Å². The third-order valence-corrected chi connectivity index (χ3v) is 3.77. The van der Waals surface area contributed by atoms with E-state index in [1.807, 2.05) is 0 Å². The number of hydrogen-bond acceptors (Lipinski definition) is 3. The maximum atomic E-state index is 4.51. The average molecular weight is 253 g/mol. The molecule has 1 atom stereocenters. The molecular formula is C16H19N3. The molecule has 1 aliphatic rings. The summed E-state index contributed by atoms with van der Waals surface area (Å²) < 4.78 is 0. The minimum atomic E-state index is 0.499. The summed E-state index contributed by atoms with van der Waals surface area (Å²) in [6.45, 7) is 3.89. The Morgan fingerprint density at radius 1 is 1.21 bits per heavy atom. The van der Waals surface area contributed by atoms with Gasteiger partial charge in [0, 0.05) is 19.6 Å². The van der Waals surface area contributed by atoms with Gasteiger partial charge in [-0.15, -0.1) is 0 Å². The Bertz CT molecular complexity index is 618. The predicted octanol–water partition coefficient (Wildman–Crippen LogP) is 2.62. The van der Waals surface area contributed by atoms with Crippen LogP contribution in [0.5, 0.6) is 0 Å². The number of nitrogens with zero attached hydrogens (tertiary/aromatic N) is 2. The number of rotatable bonds is 2. The highest BCUT2D eigenvalue weighted by molar-refractivity contribution is 5.84. The topological polar surface area (TPSA) is 27.6 Å². The smallest absolute Gasteiger partial charge is 0.194 e. The summed E-state index contributed by atoms with van der Waals surface area (Å²) in [5, 5.41) is 5.99. The number of hydrogen-bond donors (Lipinski definition) is 1. The first-order valence-electron chi connectivity index (χ1n) is 6.73. The second-order valence-corrected chi connectivity index (χ2v) is 5.16. The number of fused-ring (bicyclic) bond motifs is 1. The van der Waals surface area contributed by atoms with Crippen molar-refractivity contribution in [2.45, 2.75) is 19.5 Å². The van der Waals surface area contributed by atoms with Crippen molar-refractivity contribution < 1.29 is 0 Å². The number of guanidine groups is 1. The molecule has 1 aliphatic heterocycles. The summed E-state index contributed by atoms with van der Waals surface area (Å²) in [7, 11) is 2.09. The van der Waals surface area contributed by atoms with E-state index < -0.39 is 0 Å². The molecule has 2 aromatic carbocycles. The molecule has 0 amide bonds. The molecule has 0 radical (unpaired) electrons. The molecule has 0 aromatic heterocycles. The average Bonchev–Trinajstić information content (AvgIpc) is 2.76. The molecule has 3 rings (SSSR count). The quantitative estimate of drug-likeness (QED) is 0.891. The van der Waals surface area contributed by atoms with E-state index in [0.29, 0.717) is 6.04 Å². The van der Waals surface area contributed by atoms with Gasteiger partial charge < -0.3 is 10.2 Å². The molecule has 0 aliphatic carbocycles. The van der Waals surface area contributed by atoms with E-state index in [1.54, 1.807) is 0 Å². The molecule has 2 aromatic rings. The van der Waals surface area contributed by atoms with Gasteiger partial charge in [0.25, 0.3) is 0 Å². The lowest BCUT2D eigenvalue weighted by Crippen LogP contribution is -2.39. The molecule has 98 valence electrons. The van der Waals surface area contributed by atoms with Crippen LogP contribution in [0.3, 0.4) is 0 Å². The Labute approximate surface area is 114 Å². The van der Waals surface area contributed by atoms with E-state index in [-0.39, 0.29) is 0 Å². The summed E-state index contributed by atoms with van der Waals surface area (Å²) in [5.41, 5.74) is 1.29. The van der Waals surface area contributed by atoms with Crippen molar-refractivity contribution in [2.75, 3.05) is 13.6 Å². The largest absolute Gasteiger partial charge is 0.352 e. The number of likely N-dealkylation sites (N-methyl/N-ethyl adjacent to an activating group) is 1. The molecule has 0 unspecified atom stereocenters. The monoisotopic (exact) mass is 253 g/mol. The van der Waals surface area contributed by atoms with Crippen molar-refractivity contribution >= 4 is 16.7 Å². The van der Waals surface area contributed by atoms with Crippen molar-refractivity contribution in [1.29, 1.82) is 0 Å². The zero-order chi connectivity index (χ0) is 13.2. The molecule has 0 saturated carbocycles. The van der Waals surface area contributed by atoms with Crippen LogP contribution in [0.1, 0.15) is 12.5 Å². The Balaban J connectivity index is 1.72. The summed E-state index contributed by atoms with van der Waals surface area (Å²) in [6.07, 6.45) is 0. The molecule has 0 saturated heterocycles. The fourth-order valence-corrected chi connectivity index (χ4v) is 2.37. The second kappa shape index (κ2) is 4.92. The van der Waals surface area contributed by atoms with Crippen molar-refractivity contribution in [3.63, 3.8) is 0 Å². The first-order valence-corrected chi connectivity index (χ1v) is 6.73. The zero-order valence-corrected chi connectivity index (χ0v) is 11.4. The summed E-state index contributed by atoms with van der Waals surface area (Å²) in [4.78, 5) is 6.70. The van der Waals surface area contributed by atoms with Crippen LogP contribution >= 0.6 is 0 Å². The molecular weight excluding hydrogens is 234 g/mol. The number of aliphatic imine (C=N–C) groups is 1. The summed E-state index contributed by atoms with van der Waals surface area (Å²) in [6, 6.07) is 15.5. The third-order valence-electron chi connectivity index (χ3n) is 3.77. The Hall–Kier alpha value is -2.03. The van der Waals surface area contributed by atoms with Gasteiger partial charge in [-0.05, 0) is 29.3 Å². The third kappa shape index (κ3) is 2.41. The standard InChI is InChI=1S/C16H19N3/c1-12-10-17-16(19(12)2)18-11-13-7-8-14-5-3-4-6-15(14)9-13/h3-9,12H,10-11H2,1-2H3,(H,17,18)/t12-/m0/s1. The molecule has 3 nitrogen and oxygen atoms in total. The minimum Gasteiger partial charge on any atom is -0.352 e. The highest BCUT2D eigenvalue weighted by Gasteiger charge is 2.19. The maximum absolute atomic E-state index is 4.51. The molecule has 1 N–H and O–H groups in total. The maximum Gasteiger partial charge on any atom is 0.194 e. The molecule has 0 bridgehead atoms. The highest BCUT2D eigenvalue weighted by atomic mass is 15.3. The first-order chi connectivity index (χ1) is 9.24. The van der Waals surface area contributed by atoms with Gasteiger partial charge in [0.2, 0.25) is 0 Å². The van der Waals surface area contributed by atoms with Gasteiger partial charge in [-0.3, -0.25) is 4.99 Å². The van der Waals surface area contributed by atoms with Crippen LogP contribution in [-0.2, 0) is 6.54 Å². The van der Waals surface area contributed by atoms with Gasteiger partial charge in [0.05, 0.1) is 6.54 Å².